The van der Waals surface area contributed by atoms with Crippen LogP contribution in [0.25, 0.3) is 11.0 Å². The molecule has 0 aliphatic carbocycles. The Kier molecular flexibility index (Phi) is 3.40. The van der Waals surface area contributed by atoms with Crippen molar-refractivity contribution in [2.45, 2.75) is 39.7 Å². The number of aromatic nitrogens is 4. The van der Waals surface area contributed by atoms with Gasteiger partial charge in [-0.2, -0.15) is 5.10 Å². The fraction of sp³-hybridized carbons (Fsp3) is 0.389. The van der Waals surface area contributed by atoms with Crippen molar-refractivity contribution < 1.29 is 4.79 Å². The SMILES string of the molecule is Cc1nn(CC(C)C)c2c1C(c1nc3ccccc3[nH]1)CC(=O)N2. The van der Waals surface area contributed by atoms with E-state index in [2.05, 4.69) is 29.2 Å². The van der Waals surface area contributed by atoms with Crippen molar-refractivity contribution >= 4 is 22.8 Å². The quantitative estimate of drug-likeness (QED) is 0.777. The Labute approximate surface area is 140 Å². The van der Waals surface area contributed by atoms with Crippen molar-refractivity contribution in [3.8, 4) is 0 Å². The number of aromatic amines is 1. The minimum atomic E-state index is -0.0814. The Morgan fingerprint density at radius 2 is 2.12 bits per heavy atom. The summed E-state index contributed by atoms with van der Waals surface area (Å²) in [6, 6.07) is 7.94. The largest absolute Gasteiger partial charge is 0.341 e. The van der Waals surface area contributed by atoms with Crippen LogP contribution in [0.2, 0.25) is 0 Å². The first-order valence-corrected chi connectivity index (χ1v) is 8.34. The lowest BCUT2D eigenvalue weighted by Crippen LogP contribution is -2.26. The van der Waals surface area contributed by atoms with Crippen LogP contribution >= 0.6 is 0 Å². The van der Waals surface area contributed by atoms with Gasteiger partial charge in [-0.05, 0) is 25.0 Å². The van der Waals surface area contributed by atoms with Crippen LogP contribution in [0.1, 0.15) is 43.3 Å². The van der Waals surface area contributed by atoms with Crippen LogP contribution < -0.4 is 5.32 Å². The molecule has 24 heavy (non-hydrogen) atoms. The fourth-order valence-corrected chi connectivity index (χ4v) is 3.46. The maximum absolute atomic E-state index is 12.3. The predicted molar refractivity (Wildman–Crippen MR) is 93.0 cm³/mol. The van der Waals surface area contributed by atoms with E-state index in [1.54, 1.807) is 0 Å². The maximum atomic E-state index is 12.3. The van der Waals surface area contributed by atoms with Gasteiger partial charge in [-0.25, -0.2) is 9.67 Å². The second kappa shape index (κ2) is 5.47. The Bertz CT molecular complexity index is 888. The molecule has 6 nitrogen and oxygen atoms in total. The molecule has 1 aliphatic heterocycles. The number of hydrogen-bond acceptors (Lipinski definition) is 3. The Morgan fingerprint density at radius 3 is 2.88 bits per heavy atom. The lowest BCUT2D eigenvalue weighted by Gasteiger charge is -2.23. The van der Waals surface area contributed by atoms with Crippen LogP contribution in [0.3, 0.4) is 0 Å². The minimum Gasteiger partial charge on any atom is -0.341 e. The number of amides is 1. The number of imidazole rings is 1. The van der Waals surface area contributed by atoms with Crippen molar-refractivity contribution in [3.63, 3.8) is 0 Å². The number of H-pyrrole nitrogens is 1. The summed E-state index contributed by atoms with van der Waals surface area (Å²) in [5.41, 5.74) is 3.95. The van der Waals surface area contributed by atoms with Crippen LogP contribution in [0.5, 0.6) is 0 Å². The molecule has 3 aromatic rings. The molecule has 124 valence electrons. The van der Waals surface area contributed by atoms with Gasteiger partial charge in [-0.15, -0.1) is 0 Å². The molecule has 6 heteroatoms. The molecule has 1 unspecified atom stereocenters. The monoisotopic (exact) mass is 323 g/mol. The molecule has 0 saturated heterocycles. The maximum Gasteiger partial charge on any atom is 0.226 e. The van der Waals surface area contributed by atoms with Gasteiger partial charge in [0.2, 0.25) is 5.91 Å². The lowest BCUT2D eigenvalue weighted by atomic mass is 9.91. The summed E-state index contributed by atoms with van der Waals surface area (Å²) in [6.07, 6.45) is 0.390. The van der Waals surface area contributed by atoms with E-state index >= 15 is 0 Å². The highest BCUT2D eigenvalue weighted by molar-refractivity contribution is 5.94. The van der Waals surface area contributed by atoms with E-state index in [1.807, 2.05) is 35.9 Å². The molecular weight excluding hydrogens is 302 g/mol. The van der Waals surface area contributed by atoms with E-state index in [0.717, 1.165) is 40.5 Å². The molecule has 1 aromatic carbocycles. The minimum absolute atomic E-state index is 0.0119. The highest BCUT2D eigenvalue weighted by Gasteiger charge is 2.34. The number of hydrogen-bond donors (Lipinski definition) is 2. The van der Waals surface area contributed by atoms with Gasteiger partial charge in [0.25, 0.3) is 0 Å². The van der Waals surface area contributed by atoms with Gasteiger partial charge in [0.1, 0.15) is 11.6 Å². The van der Waals surface area contributed by atoms with Crippen LogP contribution in [0.15, 0.2) is 24.3 Å². The third-order valence-corrected chi connectivity index (χ3v) is 4.45. The summed E-state index contributed by atoms with van der Waals surface area (Å²) >= 11 is 0. The number of para-hydroxylation sites is 2. The molecule has 0 spiro atoms. The Balaban J connectivity index is 1.83. The zero-order chi connectivity index (χ0) is 16.8. The normalized spacial score (nSPS) is 17.3. The molecule has 0 radical (unpaired) electrons. The molecule has 1 aliphatic rings. The van der Waals surface area contributed by atoms with Crippen LogP contribution in [0, 0.1) is 12.8 Å². The number of carbonyl (C=O) groups is 1. The molecular formula is C18H21N5O. The number of aryl methyl sites for hydroxylation is 1. The predicted octanol–water partition coefficient (Wildman–Crippen LogP) is 3.20. The Morgan fingerprint density at radius 1 is 1.33 bits per heavy atom. The van der Waals surface area contributed by atoms with Crippen molar-refractivity contribution in [3.05, 3.63) is 41.3 Å². The summed E-state index contributed by atoms with van der Waals surface area (Å²) in [6.45, 7) is 7.07. The number of nitrogens with zero attached hydrogens (tertiary/aromatic N) is 3. The smallest absolute Gasteiger partial charge is 0.226 e. The molecule has 0 bridgehead atoms. The summed E-state index contributed by atoms with van der Waals surface area (Å²) < 4.78 is 1.92. The van der Waals surface area contributed by atoms with Gasteiger partial charge in [-0.3, -0.25) is 4.79 Å². The van der Waals surface area contributed by atoms with Gasteiger partial charge in [0, 0.05) is 18.5 Å². The number of fused-ring (bicyclic) bond motifs is 2. The van der Waals surface area contributed by atoms with E-state index in [9.17, 15) is 4.79 Å². The summed E-state index contributed by atoms with van der Waals surface area (Å²) in [5, 5.41) is 7.66. The van der Waals surface area contributed by atoms with Crippen molar-refractivity contribution in [1.29, 1.82) is 0 Å². The third-order valence-electron chi connectivity index (χ3n) is 4.45. The third kappa shape index (κ3) is 2.38. The molecule has 0 saturated carbocycles. The van der Waals surface area contributed by atoms with Crippen LogP contribution in [-0.2, 0) is 11.3 Å². The van der Waals surface area contributed by atoms with Crippen LogP contribution in [-0.4, -0.2) is 25.7 Å². The van der Waals surface area contributed by atoms with E-state index in [4.69, 9.17) is 4.98 Å². The topological polar surface area (TPSA) is 75.6 Å². The van der Waals surface area contributed by atoms with Crippen LogP contribution in [0.4, 0.5) is 5.82 Å². The summed E-state index contributed by atoms with van der Waals surface area (Å²) in [7, 11) is 0. The lowest BCUT2D eigenvalue weighted by molar-refractivity contribution is -0.116. The van der Waals surface area contributed by atoms with Gasteiger partial charge >= 0.3 is 0 Å². The standard InChI is InChI=1S/C18H21N5O/c1-10(2)9-23-18-16(11(3)22-23)12(8-15(24)21-18)17-19-13-6-4-5-7-14(13)20-17/h4-7,10,12H,8-9H2,1-3H3,(H,19,20)(H,21,24). The zero-order valence-electron chi connectivity index (χ0n) is 14.1. The van der Waals surface area contributed by atoms with Gasteiger partial charge < -0.3 is 10.3 Å². The number of benzene rings is 1. The highest BCUT2D eigenvalue weighted by Crippen LogP contribution is 2.38. The van der Waals surface area contributed by atoms with Crippen molar-refractivity contribution in [2.75, 3.05) is 5.32 Å². The van der Waals surface area contributed by atoms with Crippen molar-refractivity contribution in [1.82, 2.24) is 19.7 Å². The molecule has 0 fully saturated rings. The number of carbonyl (C=O) groups excluding carboxylic acids is 1. The summed E-state index contributed by atoms with van der Waals surface area (Å²) in [5.74, 6) is 2.04. The molecule has 4 rings (SSSR count). The van der Waals surface area contributed by atoms with E-state index in [0.29, 0.717) is 12.3 Å². The number of nitrogens with one attached hydrogen (secondary N) is 2. The average Bonchev–Trinajstić information content (AvgIpc) is 3.08. The molecule has 1 amide bonds. The van der Waals surface area contributed by atoms with Crippen molar-refractivity contribution in [2.24, 2.45) is 5.92 Å². The molecule has 2 aromatic heterocycles. The number of anilines is 1. The molecule has 1 atom stereocenters. The first kappa shape index (κ1) is 14.9. The second-order valence-electron chi connectivity index (χ2n) is 6.87. The van der Waals surface area contributed by atoms with Gasteiger partial charge in [0.05, 0.1) is 22.6 Å². The van der Waals surface area contributed by atoms with E-state index < -0.39 is 0 Å². The van der Waals surface area contributed by atoms with E-state index in [1.165, 1.54) is 0 Å². The molecule has 3 heterocycles. The highest BCUT2D eigenvalue weighted by atomic mass is 16.1. The second-order valence-corrected chi connectivity index (χ2v) is 6.87. The summed E-state index contributed by atoms with van der Waals surface area (Å²) in [4.78, 5) is 20.4. The van der Waals surface area contributed by atoms with Gasteiger partial charge in [-0.1, -0.05) is 26.0 Å². The first-order valence-electron chi connectivity index (χ1n) is 8.34. The van der Waals surface area contributed by atoms with E-state index in [-0.39, 0.29) is 11.8 Å². The fourth-order valence-electron chi connectivity index (χ4n) is 3.46. The Hall–Kier alpha value is -2.63. The number of rotatable bonds is 3. The average molecular weight is 323 g/mol. The zero-order valence-corrected chi connectivity index (χ0v) is 14.1. The van der Waals surface area contributed by atoms with Gasteiger partial charge in [0.15, 0.2) is 0 Å². The molecule has 2 N–H and O–H groups in total. The first-order chi connectivity index (χ1) is 11.5.